The van der Waals surface area contributed by atoms with Crippen molar-refractivity contribution in [3.63, 3.8) is 0 Å². The third-order valence-corrected chi connectivity index (χ3v) is 9.08. The summed E-state index contributed by atoms with van der Waals surface area (Å²) >= 11 is 0. The van der Waals surface area contributed by atoms with Crippen molar-refractivity contribution in [1.82, 2.24) is 14.2 Å². The Morgan fingerprint density at radius 1 is 1.24 bits per heavy atom. The highest BCUT2D eigenvalue weighted by molar-refractivity contribution is 7.51. The van der Waals surface area contributed by atoms with E-state index in [1.54, 1.807) is 50.2 Å². The van der Waals surface area contributed by atoms with E-state index < -0.39 is 61.9 Å². The number of carbonyl (C=O) groups is 1. The van der Waals surface area contributed by atoms with Crippen molar-refractivity contribution in [1.29, 1.82) is 0 Å². The lowest BCUT2D eigenvalue weighted by molar-refractivity contribution is -0.204. The van der Waals surface area contributed by atoms with E-state index in [4.69, 9.17) is 19.5 Å². The minimum Gasteiger partial charge on any atom is -0.480 e. The maximum absolute atomic E-state index is 16.3. The normalized spacial score (nSPS) is 26.8. The molecule has 0 bridgehead atoms. The van der Waals surface area contributed by atoms with Gasteiger partial charge in [0.25, 0.3) is 5.85 Å². The summed E-state index contributed by atoms with van der Waals surface area (Å²) in [6.07, 6.45) is -3.00. The second-order valence-corrected chi connectivity index (χ2v) is 12.1. The number of anilines is 1. The molecule has 0 saturated carbocycles. The Labute approximate surface area is 234 Å². The molecule has 13 nitrogen and oxygen atoms in total. The van der Waals surface area contributed by atoms with Crippen LogP contribution in [0.2, 0.25) is 0 Å². The van der Waals surface area contributed by atoms with Crippen molar-refractivity contribution in [2.75, 3.05) is 12.3 Å². The number of nitrogens with two attached hydrogens (primary N) is 1. The molecule has 0 unspecified atom stereocenters. The molecule has 41 heavy (non-hydrogen) atoms. The largest absolute Gasteiger partial charge is 0.480 e. The van der Waals surface area contributed by atoms with Crippen molar-refractivity contribution >= 4 is 30.3 Å². The van der Waals surface area contributed by atoms with Crippen LogP contribution < -0.4 is 15.9 Å². The van der Waals surface area contributed by atoms with E-state index in [2.05, 4.69) is 4.98 Å². The van der Waals surface area contributed by atoms with E-state index in [1.165, 1.54) is 19.1 Å². The summed E-state index contributed by atoms with van der Waals surface area (Å²) in [5.41, 5.74) is 2.12. The Bertz CT molecular complexity index is 1550. The zero-order chi connectivity index (χ0) is 30.3. The highest BCUT2D eigenvalue weighted by atomic mass is 31.2. The van der Waals surface area contributed by atoms with Gasteiger partial charge >= 0.3 is 19.4 Å². The molecule has 1 aliphatic rings. The molecule has 0 spiro atoms. The molecular weight excluding hydrogens is 562 g/mol. The second kappa shape index (κ2) is 11.1. The fraction of sp³-hybridized carbons (Fsp3) is 0.423. The van der Waals surface area contributed by atoms with E-state index >= 15 is 4.39 Å². The van der Waals surface area contributed by atoms with Crippen LogP contribution in [0.25, 0.3) is 10.8 Å². The SMILES string of the molecule is CC(C)N([C@@H](C)C(=O)O)[P@](=O)(OC[C@@]1(F)O[C@@H](n2ccc(N)nc2=O)[C@](C)(O)[C@@H]1O)Oc1cccc2ccccc12. The number of aliphatic hydroxyl groups is 2. The molecule has 0 amide bonds. The molecule has 1 saturated heterocycles. The molecule has 2 heterocycles. The molecule has 3 aromatic rings. The number of halogens is 1. The number of carboxylic acid groups (broad SMARTS) is 1. The van der Waals surface area contributed by atoms with Crippen molar-refractivity contribution in [2.45, 2.75) is 63.6 Å². The zero-order valence-electron chi connectivity index (χ0n) is 22.7. The molecule has 6 atom stereocenters. The van der Waals surface area contributed by atoms with Gasteiger partial charge < -0.3 is 30.3 Å². The highest BCUT2D eigenvalue weighted by Crippen LogP contribution is 2.57. The van der Waals surface area contributed by atoms with Gasteiger partial charge in [0.1, 0.15) is 35.9 Å². The van der Waals surface area contributed by atoms with Crippen LogP contribution in [0.4, 0.5) is 10.2 Å². The summed E-state index contributed by atoms with van der Waals surface area (Å²) in [5, 5.41) is 32.8. The lowest BCUT2D eigenvalue weighted by Gasteiger charge is -2.36. The van der Waals surface area contributed by atoms with Gasteiger partial charge in [-0.05, 0) is 45.2 Å². The van der Waals surface area contributed by atoms with Crippen LogP contribution in [0.1, 0.15) is 33.9 Å². The average molecular weight is 595 g/mol. The number of benzene rings is 2. The summed E-state index contributed by atoms with van der Waals surface area (Å²) < 4.78 is 49.2. The molecule has 0 aliphatic carbocycles. The average Bonchev–Trinajstić information content (AvgIpc) is 3.08. The molecule has 0 radical (unpaired) electrons. The van der Waals surface area contributed by atoms with Crippen LogP contribution in [0.5, 0.6) is 5.75 Å². The first-order chi connectivity index (χ1) is 19.1. The topological polar surface area (TPSA) is 187 Å². The number of rotatable bonds is 10. The number of hydrogen-bond acceptors (Lipinski definition) is 10. The summed E-state index contributed by atoms with van der Waals surface area (Å²) in [7, 11) is -4.75. The molecular formula is C26H32FN4O9P. The Hall–Kier alpha value is -3.39. The first-order valence-electron chi connectivity index (χ1n) is 12.7. The van der Waals surface area contributed by atoms with E-state index in [0.717, 1.165) is 27.7 Å². The number of aliphatic carboxylic acids is 1. The molecule has 1 fully saturated rings. The Balaban J connectivity index is 1.73. The fourth-order valence-electron chi connectivity index (χ4n) is 4.76. The number of nitrogen functional groups attached to an aromatic ring is 1. The lowest BCUT2D eigenvalue weighted by atomic mass is 9.95. The van der Waals surface area contributed by atoms with Gasteiger partial charge in [-0.25, -0.2) is 13.8 Å². The monoisotopic (exact) mass is 594 g/mol. The number of ether oxygens (including phenoxy) is 1. The number of carboxylic acids is 1. The summed E-state index contributed by atoms with van der Waals surface area (Å²) in [6, 6.07) is 10.9. The van der Waals surface area contributed by atoms with Crippen LogP contribution in [0.15, 0.2) is 59.5 Å². The van der Waals surface area contributed by atoms with Crippen molar-refractivity contribution in [3.8, 4) is 5.75 Å². The van der Waals surface area contributed by atoms with Gasteiger partial charge in [-0.1, -0.05) is 36.4 Å². The number of aromatic nitrogens is 2. The summed E-state index contributed by atoms with van der Waals surface area (Å²) in [4.78, 5) is 27.9. The van der Waals surface area contributed by atoms with Gasteiger partial charge in [0.15, 0.2) is 6.23 Å². The number of nitrogens with zero attached hydrogens (tertiary/aromatic N) is 3. The molecule has 15 heteroatoms. The van der Waals surface area contributed by atoms with Crippen LogP contribution in [0.3, 0.4) is 0 Å². The maximum atomic E-state index is 16.3. The predicted octanol–water partition coefficient (Wildman–Crippen LogP) is 2.67. The van der Waals surface area contributed by atoms with Crippen molar-refractivity contribution < 1.29 is 42.9 Å². The van der Waals surface area contributed by atoms with Crippen LogP contribution >= 0.6 is 7.75 Å². The van der Waals surface area contributed by atoms with Gasteiger partial charge in [-0.15, -0.1) is 0 Å². The lowest BCUT2D eigenvalue weighted by Crippen LogP contribution is -2.50. The van der Waals surface area contributed by atoms with E-state index in [9.17, 15) is 29.5 Å². The van der Waals surface area contributed by atoms with Gasteiger partial charge in [-0.3, -0.25) is 13.9 Å². The molecule has 4 rings (SSSR count). The van der Waals surface area contributed by atoms with Crippen LogP contribution in [-0.4, -0.2) is 71.8 Å². The number of hydrogen-bond donors (Lipinski definition) is 4. The Kier molecular flexibility index (Phi) is 8.29. The zero-order valence-corrected chi connectivity index (χ0v) is 23.6. The summed E-state index contributed by atoms with van der Waals surface area (Å²) in [6.45, 7) is 4.12. The second-order valence-electron chi connectivity index (χ2n) is 10.2. The third-order valence-electron chi connectivity index (χ3n) is 6.83. The quantitative estimate of drug-likeness (QED) is 0.252. The Morgan fingerprint density at radius 2 is 1.90 bits per heavy atom. The predicted molar refractivity (Wildman–Crippen MR) is 146 cm³/mol. The number of aliphatic hydroxyl groups excluding tert-OH is 1. The fourth-order valence-corrected chi connectivity index (χ4v) is 6.88. The number of fused-ring (bicyclic) bond motifs is 1. The number of alkyl halides is 1. The van der Waals surface area contributed by atoms with Crippen molar-refractivity contribution in [2.24, 2.45) is 0 Å². The first kappa shape index (κ1) is 30.6. The summed E-state index contributed by atoms with van der Waals surface area (Å²) in [5.74, 6) is -4.65. The van der Waals surface area contributed by atoms with E-state index in [0.29, 0.717) is 5.39 Å². The van der Waals surface area contributed by atoms with Gasteiger partial charge in [0.05, 0.1) is 0 Å². The highest BCUT2D eigenvalue weighted by Gasteiger charge is 2.64. The molecule has 222 valence electrons. The van der Waals surface area contributed by atoms with Crippen LogP contribution in [-0.2, 0) is 18.6 Å². The first-order valence-corrected chi connectivity index (χ1v) is 14.2. The minimum atomic E-state index is -4.75. The molecule has 1 aliphatic heterocycles. The Morgan fingerprint density at radius 3 is 2.54 bits per heavy atom. The maximum Gasteiger partial charge on any atom is 0.462 e. The standard InChI is InChI=1S/C26H32FN4O9P/c1-15(2)31(16(3)21(32)33)41(37,40-19-11-7-9-17-8-5-6-10-18(17)19)38-14-26(27)22(34)25(4,36)23(39-26)30-13-12-20(28)29-24(30)35/h5-13,15-16,22-23,34,36H,14H2,1-4H3,(H,32,33)(H2,28,29,35)/t16-,22-,23+,25+,26+,41-/m0/s1. The van der Waals surface area contributed by atoms with Gasteiger partial charge in [0, 0.05) is 17.6 Å². The minimum absolute atomic E-state index is 0.0693. The third kappa shape index (κ3) is 5.71. The van der Waals surface area contributed by atoms with Crippen LogP contribution in [0, 0.1) is 0 Å². The van der Waals surface area contributed by atoms with Gasteiger partial charge in [0.2, 0.25) is 0 Å². The molecule has 5 N–H and O–H groups in total. The smallest absolute Gasteiger partial charge is 0.462 e. The molecule has 1 aromatic heterocycles. The van der Waals surface area contributed by atoms with E-state index in [-0.39, 0.29) is 11.6 Å². The van der Waals surface area contributed by atoms with Gasteiger partial charge in [-0.2, -0.15) is 9.65 Å². The van der Waals surface area contributed by atoms with E-state index in [1.807, 2.05) is 0 Å². The van der Waals surface area contributed by atoms with Crippen molar-refractivity contribution in [3.05, 3.63) is 65.2 Å². The molecule has 2 aromatic carbocycles.